The topological polar surface area (TPSA) is 21.3 Å². The summed E-state index contributed by atoms with van der Waals surface area (Å²) in [6.45, 7) is 3.63. The van der Waals surface area contributed by atoms with Gasteiger partial charge in [-0.05, 0) is 50.1 Å². The van der Waals surface area contributed by atoms with Gasteiger partial charge in [0.2, 0.25) is 0 Å². The average molecular weight is 237 g/mol. The molecule has 1 saturated heterocycles. The maximum atomic E-state index is 13.1. The van der Waals surface area contributed by atoms with Crippen molar-refractivity contribution in [2.24, 2.45) is 5.92 Å². The van der Waals surface area contributed by atoms with Crippen molar-refractivity contribution in [3.63, 3.8) is 0 Å². The van der Waals surface area contributed by atoms with Gasteiger partial charge in [0, 0.05) is 18.6 Å². The van der Waals surface area contributed by atoms with Gasteiger partial charge in [-0.15, -0.1) is 0 Å². The van der Waals surface area contributed by atoms with E-state index in [2.05, 4.69) is 5.32 Å². The van der Waals surface area contributed by atoms with Gasteiger partial charge >= 0.3 is 0 Å². The first kappa shape index (κ1) is 12.5. The van der Waals surface area contributed by atoms with Crippen LogP contribution in [0.25, 0.3) is 0 Å². The van der Waals surface area contributed by atoms with Gasteiger partial charge in [0.05, 0.1) is 6.61 Å². The van der Waals surface area contributed by atoms with Crippen LogP contribution in [0.5, 0.6) is 0 Å². The van der Waals surface area contributed by atoms with Crippen molar-refractivity contribution in [2.45, 2.75) is 25.8 Å². The Morgan fingerprint density at radius 2 is 2.29 bits per heavy atom. The highest BCUT2D eigenvalue weighted by Crippen LogP contribution is 2.30. The molecule has 0 radical (unpaired) electrons. The zero-order valence-corrected chi connectivity index (χ0v) is 10.5. The van der Waals surface area contributed by atoms with Crippen molar-refractivity contribution in [3.8, 4) is 0 Å². The van der Waals surface area contributed by atoms with E-state index in [0.29, 0.717) is 5.92 Å². The molecule has 94 valence electrons. The molecule has 0 saturated carbocycles. The lowest BCUT2D eigenvalue weighted by molar-refractivity contribution is 0.0401. The minimum atomic E-state index is -0.166. The number of rotatable bonds is 3. The van der Waals surface area contributed by atoms with E-state index >= 15 is 0 Å². The summed E-state index contributed by atoms with van der Waals surface area (Å²) in [5.41, 5.74) is 2.19. The standard InChI is InChI=1S/C14H20FNO/c1-10-8-12(15)5-6-13(10)14(16-2)11-4-3-7-17-9-11/h5-6,8,11,14,16H,3-4,7,9H2,1-2H3. The third kappa shape index (κ3) is 2.85. The normalized spacial score (nSPS) is 22.4. The Morgan fingerprint density at radius 3 is 2.88 bits per heavy atom. The van der Waals surface area contributed by atoms with Crippen molar-refractivity contribution in [1.82, 2.24) is 5.32 Å². The number of nitrogens with one attached hydrogen (secondary N) is 1. The molecule has 1 N–H and O–H groups in total. The first-order chi connectivity index (χ1) is 8.22. The average Bonchev–Trinajstić information content (AvgIpc) is 2.34. The summed E-state index contributed by atoms with van der Waals surface area (Å²) in [6, 6.07) is 5.29. The molecule has 1 aliphatic heterocycles. The lowest BCUT2D eigenvalue weighted by Gasteiger charge is -2.31. The molecule has 2 unspecified atom stereocenters. The van der Waals surface area contributed by atoms with Crippen molar-refractivity contribution in [1.29, 1.82) is 0 Å². The van der Waals surface area contributed by atoms with E-state index < -0.39 is 0 Å². The molecular formula is C14H20FNO. The minimum absolute atomic E-state index is 0.166. The van der Waals surface area contributed by atoms with Gasteiger partial charge in [-0.1, -0.05) is 6.07 Å². The largest absolute Gasteiger partial charge is 0.381 e. The summed E-state index contributed by atoms with van der Waals surface area (Å²) in [6.07, 6.45) is 2.28. The van der Waals surface area contributed by atoms with Crippen molar-refractivity contribution in [3.05, 3.63) is 35.1 Å². The van der Waals surface area contributed by atoms with Gasteiger partial charge in [0.25, 0.3) is 0 Å². The smallest absolute Gasteiger partial charge is 0.123 e. The second-order valence-corrected chi connectivity index (χ2v) is 4.74. The molecule has 0 aromatic heterocycles. The van der Waals surface area contributed by atoms with E-state index in [0.717, 1.165) is 25.2 Å². The van der Waals surface area contributed by atoms with Gasteiger partial charge in [-0.25, -0.2) is 4.39 Å². The van der Waals surface area contributed by atoms with Gasteiger partial charge in [-0.3, -0.25) is 0 Å². The number of benzene rings is 1. The van der Waals surface area contributed by atoms with E-state index in [9.17, 15) is 4.39 Å². The summed E-state index contributed by atoms with van der Waals surface area (Å²) in [5.74, 6) is 0.318. The lowest BCUT2D eigenvalue weighted by atomic mass is 9.87. The number of hydrogen-bond acceptors (Lipinski definition) is 2. The molecule has 0 amide bonds. The van der Waals surface area contributed by atoms with Crippen molar-refractivity contribution < 1.29 is 9.13 Å². The lowest BCUT2D eigenvalue weighted by Crippen LogP contribution is -2.31. The maximum absolute atomic E-state index is 13.1. The van der Waals surface area contributed by atoms with E-state index in [4.69, 9.17) is 4.74 Å². The van der Waals surface area contributed by atoms with Gasteiger partial charge in [0.15, 0.2) is 0 Å². The van der Waals surface area contributed by atoms with Crippen LogP contribution < -0.4 is 5.32 Å². The highest BCUT2D eigenvalue weighted by molar-refractivity contribution is 5.30. The van der Waals surface area contributed by atoms with Gasteiger partial charge in [-0.2, -0.15) is 0 Å². The second-order valence-electron chi connectivity index (χ2n) is 4.74. The third-order valence-electron chi connectivity index (χ3n) is 3.54. The first-order valence-corrected chi connectivity index (χ1v) is 6.23. The predicted molar refractivity (Wildman–Crippen MR) is 66.5 cm³/mol. The zero-order valence-electron chi connectivity index (χ0n) is 10.5. The second kappa shape index (κ2) is 5.61. The molecule has 2 rings (SSSR count). The molecule has 1 aromatic carbocycles. The molecular weight excluding hydrogens is 217 g/mol. The van der Waals surface area contributed by atoms with E-state index in [1.54, 1.807) is 6.07 Å². The maximum Gasteiger partial charge on any atom is 0.123 e. The molecule has 0 spiro atoms. The van der Waals surface area contributed by atoms with Gasteiger partial charge < -0.3 is 10.1 Å². The van der Waals surface area contributed by atoms with Crippen LogP contribution in [0.2, 0.25) is 0 Å². The summed E-state index contributed by atoms with van der Waals surface area (Å²) in [5, 5.41) is 3.35. The van der Waals surface area contributed by atoms with Crippen LogP contribution in [0.15, 0.2) is 18.2 Å². The number of aryl methyl sites for hydroxylation is 1. The summed E-state index contributed by atoms with van der Waals surface area (Å²) in [4.78, 5) is 0. The summed E-state index contributed by atoms with van der Waals surface area (Å²) >= 11 is 0. The fourth-order valence-corrected chi connectivity index (χ4v) is 2.66. The minimum Gasteiger partial charge on any atom is -0.381 e. The molecule has 17 heavy (non-hydrogen) atoms. The molecule has 2 nitrogen and oxygen atoms in total. The summed E-state index contributed by atoms with van der Waals surface area (Å²) in [7, 11) is 1.96. The van der Waals surface area contributed by atoms with E-state index in [-0.39, 0.29) is 11.9 Å². The zero-order chi connectivity index (χ0) is 12.3. The molecule has 1 aliphatic rings. The number of halogens is 1. The van der Waals surface area contributed by atoms with Crippen LogP contribution in [0.3, 0.4) is 0 Å². The third-order valence-corrected chi connectivity index (χ3v) is 3.54. The number of ether oxygens (including phenoxy) is 1. The van der Waals surface area contributed by atoms with Crippen molar-refractivity contribution in [2.75, 3.05) is 20.3 Å². The SMILES string of the molecule is CNC(c1ccc(F)cc1C)C1CCCOC1. The Bertz CT molecular complexity index is 374. The van der Waals surface area contributed by atoms with Crippen LogP contribution in [0.1, 0.15) is 30.0 Å². The molecule has 1 aromatic rings. The van der Waals surface area contributed by atoms with Crippen molar-refractivity contribution >= 4 is 0 Å². The number of hydrogen-bond donors (Lipinski definition) is 1. The fraction of sp³-hybridized carbons (Fsp3) is 0.571. The highest BCUT2D eigenvalue weighted by atomic mass is 19.1. The first-order valence-electron chi connectivity index (χ1n) is 6.23. The Hall–Kier alpha value is -0.930. The Morgan fingerprint density at radius 1 is 1.47 bits per heavy atom. The van der Waals surface area contributed by atoms with Crippen LogP contribution in [0.4, 0.5) is 4.39 Å². The Kier molecular flexibility index (Phi) is 4.13. The molecule has 1 fully saturated rings. The fourth-order valence-electron chi connectivity index (χ4n) is 2.66. The monoisotopic (exact) mass is 237 g/mol. The Labute approximate surface area is 102 Å². The summed E-state index contributed by atoms with van der Waals surface area (Å²) < 4.78 is 18.6. The van der Waals surface area contributed by atoms with Crippen LogP contribution >= 0.6 is 0 Å². The van der Waals surface area contributed by atoms with Crippen LogP contribution in [0, 0.1) is 18.7 Å². The molecule has 0 aliphatic carbocycles. The molecule has 1 heterocycles. The van der Waals surface area contributed by atoms with E-state index in [1.807, 2.05) is 20.0 Å². The molecule has 2 atom stereocenters. The quantitative estimate of drug-likeness (QED) is 0.872. The Balaban J connectivity index is 2.21. The van der Waals surface area contributed by atoms with Gasteiger partial charge in [0.1, 0.15) is 5.82 Å². The van der Waals surface area contributed by atoms with Crippen LogP contribution in [-0.2, 0) is 4.74 Å². The molecule has 3 heteroatoms. The van der Waals surface area contributed by atoms with Crippen LogP contribution in [-0.4, -0.2) is 20.3 Å². The predicted octanol–water partition coefficient (Wildman–Crippen LogP) is 2.82. The highest BCUT2D eigenvalue weighted by Gasteiger charge is 2.25. The molecule has 0 bridgehead atoms. The van der Waals surface area contributed by atoms with E-state index in [1.165, 1.54) is 18.1 Å².